The quantitative estimate of drug-likeness (QED) is 0.766. The molecule has 0 spiro atoms. The molecule has 0 fully saturated rings. The predicted octanol–water partition coefficient (Wildman–Crippen LogP) is 3.44. The number of benzene rings is 2. The highest BCUT2D eigenvalue weighted by Crippen LogP contribution is 2.26. The van der Waals surface area contributed by atoms with Crippen LogP contribution in [0.15, 0.2) is 47.4 Å². The number of carbonyl (C=O) groups excluding carboxylic acids is 1. The van der Waals surface area contributed by atoms with Gasteiger partial charge < -0.3 is 10.6 Å². The average Bonchev–Trinajstić information content (AvgIpc) is 3.03. The van der Waals surface area contributed by atoms with Crippen molar-refractivity contribution >= 4 is 33.0 Å². The molecule has 7 heteroatoms. The summed E-state index contributed by atoms with van der Waals surface area (Å²) in [5, 5.41) is 6.02. The number of carbonyl (C=O) groups is 1. The number of hydrogen-bond donors (Lipinski definition) is 3. The summed E-state index contributed by atoms with van der Waals surface area (Å²) in [6.45, 7) is 6.32. The number of rotatable bonds is 4. The van der Waals surface area contributed by atoms with Crippen LogP contribution in [0.2, 0.25) is 0 Å². The number of hydrogen-bond acceptors (Lipinski definition) is 4. The lowest BCUT2D eigenvalue weighted by Gasteiger charge is -2.17. The fourth-order valence-corrected chi connectivity index (χ4v) is 3.71. The molecule has 3 rings (SSSR count). The van der Waals surface area contributed by atoms with Crippen LogP contribution in [0.3, 0.4) is 0 Å². The van der Waals surface area contributed by atoms with Crippen molar-refractivity contribution in [2.75, 3.05) is 21.9 Å². The molecule has 0 aliphatic carbocycles. The molecule has 6 nitrogen and oxygen atoms in total. The van der Waals surface area contributed by atoms with Gasteiger partial charge in [-0.25, -0.2) is 8.42 Å². The number of anilines is 3. The molecule has 0 saturated carbocycles. The van der Waals surface area contributed by atoms with Gasteiger partial charge in [0.05, 0.1) is 4.90 Å². The maximum atomic E-state index is 12.6. The zero-order valence-corrected chi connectivity index (χ0v) is 15.9. The molecular formula is C19H23N3O3S. The van der Waals surface area contributed by atoms with Gasteiger partial charge in [0.15, 0.2) is 0 Å². The summed E-state index contributed by atoms with van der Waals surface area (Å²) < 4.78 is 27.8. The Morgan fingerprint density at radius 2 is 1.69 bits per heavy atom. The van der Waals surface area contributed by atoms with Crippen LogP contribution in [0.1, 0.15) is 26.3 Å². The molecule has 2 aromatic rings. The highest BCUT2D eigenvalue weighted by atomic mass is 32.2. The third-order valence-electron chi connectivity index (χ3n) is 4.17. The Labute approximate surface area is 154 Å². The third kappa shape index (κ3) is 3.99. The Kier molecular flexibility index (Phi) is 4.66. The molecule has 0 unspecified atom stereocenters. The van der Waals surface area contributed by atoms with E-state index >= 15 is 0 Å². The van der Waals surface area contributed by atoms with E-state index in [1.807, 2.05) is 20.8 Å². The minimum Gasteiger partial charge on any atom is -0.384 e. The first-order valence-corrected chi connectivity index (χ1v) is 9.95. The molecule has 1 heterocycles. The summed E-state index contributed by atoms with van der Waals surface area (Å²) in [6, 6.07) is 11.7. The predicted molar refractivity (Wildman–Crippen MR) is 104 cm³/mol. The Bertz CT molecular complexity index is 929. The van der Waals surface area contributed by atoms with Crippen LogP contribution in [0.25, 0.3) is 0 Å². The lowest BCUT2D eigenvalue weighted by molar-refractivity contribution is -0.123. The van der Waals surface area contributed by atoms with E-state index < -0.39 is 15.4 Å². The minimum atomic E-state index is -3.66. The Morgan fingerprint density at radius 3 is 2.35 bits per heavy atom. The van der Waals surface area contributed by atoms with Crippen LogP contribution in [0.4, 0.5) is 17.1 Å². The smallest absolute Gasteiger partial charge is 0.261 e. The summed E-state index contributed by atoms with van der Waals surface area (Å²) in [4.78, 5) is 12.2. The van der Waals surface area contributed by atoms with Crippen LogP contribution in [0.5, 0.6) is 0 Å². The van der Waals surface area contributed by atoms with E-state index in [0.717, 1.165) is 24.2 Å². The molecule has 138 valence electrons. The van der Waals surface area contributed by atoms with Gasteiger partial charge in [-0.2, -0.15) is 0 Å². The van der Waals surface area contributed by atoms with Gasteiger partial charge in [-0.1, -0.05) is 20.8 Å². The lowest BCUT2D eigenvalue weighted by Crippen LogP contribution is -2.27. The van der Waals surface area contributed by atoms with Crippen LogP contribution in [-0.2, 0) is 21.2 Å². The molecule has 26 heavy (non-hydrogen) atoms. The van der Waals surface area contributed by atoms with Crippen molar-refractivity contribution in [3.8, 4) is 0 Å². The summed E-state index contributed by atoms with van der Waals surface area (Å²) in [5.41, 5.74) is 2.56. The Hall–Kier alpha value is -2.54. The van der Waals surface area contributed by atoms with E-state index in [1.54, 1.807) is 42.5 Å². The topological polar surface area (TPSA) is 87.3 Å². The van der Waals surface area contributed by atoms with Crippen molar-refractivity contribution in [1.29, 1.82) is 0 Å². The van der Waals surface area contributed by atoms with Crippen molar-refractivity contribution in [1.82, 2.24) is 0 Å². The van der Waals surface area contributed by atoms with Crippen molar-refractivity contribution < 1.29 is 13.2 Å². The van der Waals surface area contributed by atoms with Gasteiger partial charge in [0, 0.05) is 29.0 Å². The molecule has 1 aliphatic rings. The molecular weight excluding hydrogens is 350 g/mol. The maximum Gasteiger partial charge on any atom is 0.261 e. The van der Waals surface area contributed by atoms with Gasteiger partial charge in [0.25, 0.3) is 10.0 Å². The van der Waals surface area contributed by atoms with Gasteiger partial charge in [-0.05, 0) is 54.4 Å². The molecule has 0 bridgehead atoms. The first-order chi connectivity index (χ1) is 12.1. The van der Waals surface area contributed by atoms with E-state index in [2.05, 4.69) is 15.4 Å². The van der Waals surface area contributed by atoms with Gasteiger partial charge in [0.2, 0.25) is 5.91 Å². The molecule has 1 amide bonds. The average molecular weight is 373 g/mol. The zero-order valence-electron chi connectivity index (χ0n) is 15.1. The number of fused-ring (bicyclic) bond motifs is 1. The van der Waals surface area contributed by atoms with Gasteiger partial charge in [-0.15, -0.1) is 0 Å². The summed E-state index contributed by atoms with van der Waals surface area (Å²) in [6.07, 6.45) is 0.820. The van der Waals surface area contributed by atoms with Crippen LogP contribution in [-0.4, -0.2) is 20.9 Å². The fraction of sp³-hybridized carbons (Fsp3) is 0.316. The highest BCUT2D eigenvalue weighted by Gasteiger charge is 2.21. The largest absolute Gasteiger partial charge is 0.384 e. The second-order valence-corrected chi connectivity index (χ2v) is 9.07. The molecule has 3 N–H and O–H groups in total. The van der Waals surface area contributed by atoms with Gasteiger partial charge >= 0.3 is 0 Å². The zero-order chi connectivity index (χ0) is 18.9. The second kappa shape index (κ2) is 6.64. The lowest BCUT2D eigenvalue weighted by atomic mass is 9.95. The van der Waals surface area contributed by atoms with Gasteiger partial charge in [0.1, 0.15) is 0 Å². The van der Waals surface area contributed by atoms with E-state index in [4.69, 9.17) is 0 Å². The van der Waals surface area contributed by atoms with Crippen LogP contribution >= 0.6 is 0 Å². The molecule has 0 aromatic heterocycles. The van der Waals surface area contributed by atoms with E-state index in [-0.39, 0.29) is 10.8 Å². The SMILES string of the molecule is CC(C)(C)C(=O)Nc1ccc(NS(=O)(=O)c2ccc3c(c2)CCN3)cc1. The molecule has 0 atom stereocenters. The van der Waals surface area contributed by atoms with Crippen LogP contribution in [0, 0.1) is 5.41 Å². The number of nitrogens with one attached hydrogen (secondary N) is 3. The van der Waals surface area contributed by atoms with E-state index in [9.17, 15) is 13.2 Å². The van der Waals surface area contributed by atoms with Crippen molar-refractivity contribution in [2.24, 2.45) is 5.41 Å². The minimum absolute atomic E-state index is 0.0995. The summed E-state index contributed by atoms with van der Waals surface area (Å²) in [7, 11) is -3.66. The first kappa shape index (κ1) is 18.3. The molecule has 2 aromatic carbocycles. The van der Waals surface area contributed by atoms with Crippen LogP contribution < -0.4 is 15.4 Å². The van der Waals surface area contributed by atoms with Crippen molar-refractivity contribution in [3.05, 3.63) is 48.0 Å². The number of sulfonamides is 1. The summed E-state index contributed by atoms with van der Waals surface area (Å²) >= 11 is 0. The van der Waals surface area contributed by atoms with Gasteiger partial charge in [-0.3, -0.25) is 9.52 Å². The fourth-order valence-electron chi connectivity index (χ4n) is 2.60. The standard InChI is InChI=1S/C19H23N3O3S/c1-19(2,3)18(23)21-14-4-6-15(7-5-14)22-26(24,25)16-8-9-17-13(12-16)10-11-20-17/h4-9,12,20,22H,10-11H2,1-3H3,(H,21,23). The normalized spacial score (nSPS) is 13.7. The number of amides is 1. The summed E-state index contributed by atoms with van der Waals surface area (Å²) in [5.74, 6) is -0.0995. The monoisotopic (exact) mass is 373 g/mol. The molecule has 1 aliphatic heterocycles. The Balaban J connectivity index is 1.73. The van der Waals surface area contributed by atoms with E-state index in [1.165, 1.54) is 0 Å². The van der Waals surface area contributed by atoms with Crippen molar-refractivity contribution in [3.63, 3.8) is 0 Å². The maximum absolute atomic E-state index is 12.6. The molecule has 0 radical (unpaired) electrons. The van der Waals surface area contributed by atoms with Crippen molar-refractivity contribution in [2.45, 2.75) is 32.1 Å². The first-order valence-electron chi connectivity index (χ1n) is 8.46. The third-order valence-corrected chi connectivity index (χ3v) is 5.55. The second-order valence-electron chi connectivity index (χ2n) is 7.38. The molecule has 0 saturated heterocycles. The Morgan fingerprint density at radius 1 is 1.04 bits per heavy atom. The highest BCUT2D eigenvalue weighted by molar-refractivity contribution is 7.92. The van der Waals surface area contributed by atoms with E-state index in [0.29, 0.717) is 11.4 Å².